The molecule has 33 heavy (non-hydrogen) atoms. The zero-order valence-electron chi connectivity index (χ0n) is 17.8. The molecule has 0 fully saturated rings. The number of rotatable bonds is 9. The average Bonchev–Trinajstić information content (AvgIpc) is 3.54. The number of benzene rings is 2. The van der Waals surface area contributed by atoms with Crippen LogP contribution in [0.5, 0.6) is 5.75 Å². The molecule has 8 nitrogen and oxygen atoms in total. The maximum absolute atomic E-state index is 12.6. The Hall–Kier alpha value is -3.98. The number of nitrogens with zero attached hydrogens (tertiary/aromatic N) is 2. The molecule has 0 aliphatic carbocycles. The van der Waals surface area contributed by atoms with Crippen molar-refractivity contribution in [1.82, 2.24) is 10.1 Å². The van der Waals surface area contributed by atoms with Gasteiger partial charge in [0.1, 0.15) is 5.75 Å². The summed E-state index contributed by atoms with van der Waals surface area (Å²) in [5.41, 5.74) is 1.64. The van der Waals surface area contributed by atoms with E-state index in [2.05, 4.69) is 15.5 Å². The minimum absolute atomic E-state index is 0.170. The topological polar surface area (TPSA) is 104 Å². The number of hydrogen-bond acceptors (Lipinski definition) is 8. The predicted molar refractivity (Wildman–Crippen MR) is 123 cm³/mol. The third kappa shape index (κ3) is 5.83. The monoisotopic (exact) mass is 463 g/mol. The summed E-state index contributed by atoms with van der Waals surface area (Å²) < 4.78 is 15.6. The first-order valence-electron chi connectivity index (χ1n) is 10.2. The highest BCUT2D eigenvalue weighted by Gasteiger charge is 2.17. The van der Waals surface area contributed by atoms with Crippen molar-refractivity contribution in [3.05, 3.63) is 83.1 Å². The largest absolute Gasteiger partial charge is 0.497 e. The van der Waals surface area contributed by atoms with Crippen molar-refractivity contribution < 1.29 is 23.6 Å². The van der Waals surface area contributed by atoms with Gasteiger partial charge < -0.3 is 19.3 Å². The van der Waals surface area contributed by atoms with E-state index in [9.17, 15) is 9.59 Å². The SMILES string of the molecule is COc1ccc(CCC(=O)Nc2ccccc2C(=O)OCc2nc(-c3cccs3)no2)cc1. The summed E-state index contributed by atoms with van der Waals surface area (Å²) in [5, 5.41) is 8.59. The molecule has 2 heterocycles. The molecule has 1 N–H and O–H groups in total. The third-order valence-electron chi connectivity index (χ3n) is 4.76. The Kier molecular flexibility index (Phi) is 7.11. The first-order valence-corrected chi connectivity index (χ1v) is 11.1. The number of amides is 1. The Morgan fingerprint density at radius 1 is 1.06 bits per heavy atom. The van der Waals surface area contributed by atoms with Crippen LogP contribution in [0.2, 0.25) is 0 Å². The fourth-order valence-electron chi connectivity index (χ4n) is 3.06. The number of anilines is 1. The quantitative estimate of drug-likeness (QED) is 0.358. The van der Waals surface area contributed by atoms with E-state index in [-0.39, 0.29) is 30.4 Å². The summed E-state index contributed by atoms with van der Waals surface area (Å²) in [4.78, 5) is 30.2. The van der Waals surface area contributed by atoms with Crippen LogP contribution in [0.4, 0.5) is 5.69 Å². The van der Waals surface area contributed by atoms with Crippen LogP contribution in [0.15, 0.2) is 70.6 Å². The van der Waals surface area contributed by atoms with Crippen LogP contribution in [0.25, 0.3) is 10.7 Å². The summed E-state index contributed by atoms with van der Waals surface area (Å²) in [6.07, 6.45) is 0.829. The molecule has 4 rings (SSSR count). The molecule has 0 unspecified atom stereocenters. The molecule has 0 saturated heterocycles. The van der Waals surface area contributed by atoms with Crippen molar-refractivity contribution in [2.45, 2.75) is 19.4 Å². The molecule has 0 saturated carbocycles. The molecule has 4 aromatic rings. The molecule has 0 bridgehead atoms. The van der Waals surface area contributed by atoms with Crippen LogP contribution < -0.4 is 10.1 Å². The number of para-hydroxylation sites is 1. The van der Waals surface area contributed by atoms with Crippen molar-refractivity contribution in [2.75, 3.05) is 12.4 Å². The van der Waals surface area contributed by atoms with Crippen LogP contribution in [0.3, 0.4) is 0 Å². The maximum atomic E-state index is 12.6. The normalized spacial score (nSPS) is 10.6. The number of ether oxygens (including phenoxy) is 2. The second-order valence-electron chi connectivity index (χ2n) is 7.01. The van der Waals surface area contributed by atoms with E-state index in [1.165, 1.54) is 11.3 Å². The summed E-state index contributed by atoms with van der Waals surface area (Å²) in [6.45, 7) is -0.170. The predicted octanol–water partition coefficient (Wildman–Crippen LogP) is 4.74. The fraction of sp³-hybridized carbons (Fsp3) is 0.167. The average molecular weight is 464 g/mol. The summed E-state index contributed by atoms with van der Waals surface area (Å²) in [5.74, 6) is 0.590. The zero-order chi connectivity index (χ0) is 23.0. The van der Waals surface area contributed by atoms with Gasteiger partial charge in [0.2, 0.25) is 11.7 Å². The number of nitrogens with one attached hydrogen (secondary N) is 1. The number of esters is 1. The van der Waals surface area contributed by atoms with Gasteiger partial charge in [-0.05, 0) is 47.7 Å². The van der Waals surface area contributed by atoms with E-state index in [1.807, 2.05) is 41.8 Å². The van der Waals surface area contributed by atoms with Crippen LogP contribution >= 0.6 is 11.3 Å². The lowest BCUT2D eigenvalue weighted by Gasteiger charge is -2.10. The summed E-state index contributed by atoms with van der Waals surface area (Å²) >= 11 is 1.48. The Morgan fingerprint density at radius 2 is 1.88 bits per heavy atom. The third-order valence-corrected chi connectivity index (χ3v) is 5.62. The maximum Gasteiger partial charge on any atom is 0.340 e. The first kappa shape index (κ1) is 22.2. The molecule has 0 radical (unpaired) electrons. The fourth-order valence-corrected chi connectivity index (χ4v) is 3.71. The molecule has 2 aromatic carbocycles. The van der Waals surface area contributed by atoms with Crippen LogP contribution in [0.1, 0.15) is 28.2 Å². The van der Waals surface area contributed by atoms with Crippen molar-refractivity contribution in [3.8, 4) is 16.5 Å². The minimum atomic E-state index is -0.600. The number of hydrogen-bond donors (Lipinski definition) is 1. The number of aromatic nitrogens is 2. The van der Waals surface area contributed by atoms with Gasteiger partial charge in [-0.15, -0.1) is 11.3 Å². The Bertz CT molecular complexity index is 1220. The summed E-state index contributed by atoms with van der Waals surface area (Å²) in [7, 11) is 1.61. The highest BCUT2D eigenvalue weighted by Crippen LogP contribution is 2.22. The van der Waals surface area contributed by atoms with Crippen molar-refractivity contribution in [1.29, 1.82) is 0 Å². The van der Waals surface area contributed by atoms with Crippen LogP contribution in [0, 0.1) is 0 Å². The van der Waals surface area contributed by atoms with Gasteiger partial charge in [-0.2, -0.15) is 4.98 Å². The first-order chi connectivity index (χ1) is 16.1. The molecule has 0 aliphatic rings. The Balaban J connectivity index is 1.33. The van der Waals surface area contributed by atoms with Crippen LogP contribution in [-0.4, -0.2) is 29.1 Å². The van der Waals surface area contributed by atoms with E-state index in [4.69, 9.17) is 14.0 Å². The van der Waals surface area contributed by atoms with Gasteiger partial charge in [0.15, 0.2) is 6.61 Å². The lowest BCUT2D eigenvalue weighted by molar-refractivity contribution is -0.116. The molecule has 9 heteroatoms. The standard InChI is InChI=1S/C24H21N3O5S/c1-30-17-11-8-16(9-12-17)10-13-21(28)25-19-6-3-2-5-18(19)24(29)31-15-22-26-23(27-32-22)20-7-4-14-33-20/h2-9,11-12,14H,10,13,15H2,1H3,(H,25,28). The minimum Gasteiger partial charge on any atom is -0.497 e. The van der Waals surface area contributed by atoms with Gasteiger partial charge in [-0.1, -0.05) is 35.5 Å². The van der Waals surface area contributed by atoms with Gasteiger partial charge in [0.05, 0.1) is 23.2 Å². The summed E-state index contributed by atoms with van der Waals surface area (Å²) in [6, 6.07) is 18.0. The van der Waals surface area contributed by atoms with Gasteiger partial charge in [-0.3, -0.25) is 4.79 Å². The van der Waals surface area contributed by atoms with Gasteiger partial charge in [0.25, 0.3) is 5.89 Å². The highest BCUT2D eigenvalue weighted by atomic mass is 32.1. The van der Waals surface area contributed by atoms with Gasteiger partial charge in [0, 0.05) is 6.42 Å². The van der Waals surface area contributed by atoms with Crippen molar-refractivity contribution in [3.63, 3.8) is 0 Å². The van der Waals surface area contributed by atoms with E-state index in [0.717, 1.165) is 16.2 Å². The molecule has 0 atom stereocenters. The number of carbonyl (C=O) groups is 2. The molecular weight excluding hydrogens is 442 g/mol. The van der Waals surface area contributed by atoms with Crippen molar-refractivity contribution in [2.24, 2.45) is 0 Å². The Morgan fingerprint density at radius 3 is 2.64 bits per heavy atom. The molecule has 2 aromatic heterocycles. The van der Waals surface area contributed by atoms with Crippen molar-refractivity contribution >= 4 is 28.9 Å². The molecule has 168 valence electrons. The molecule has 0 spiro atoms. The second-order valence-corrected chi connectivity index (χ2v) is 7.95. The highest BCUT2D eigenvalue weighted by molar-refractivity contribution is 7.13. The molecular formula is C24H21N3O5S. The van der Waals surface area contributed by atoms with E-state index >= 15 is 0 Å². The number of methoxy groups -OCH3 is 1. The van der Waals surface area contributed by atoms with Gasteiger partial charge >= 0.3 is 5.97 Å². The zero-order valence-corrected chi connectivity index (χ0v) is 18.6. The Labute approximate surface area is 194 Å². The number of carbonyl (C=O) groups excluding carboxylic acids is 2. The van der Waals surface area contributed by atoms with E-state index < -0.39 is 5.97 Å². The van der Waals surface area contributed by atoms with Crippen LogP contribution in [-0.2, 0) is 22.6 Å². The lowest BCUT2D eigenvalue weighted by atomic mass is 10.1. The van der Waals surface area contributed by atoms with E-state index in [1.54, 1.807) is 31.4 Å². The molecule has 0 aliphatic heterocycles. The number of thiophene rings is 1. The van der Waals surface area contributed by atoms with Gasteiger partial charge in [-0.25, -0.2) is 4.79 Å². The molecule has 1 amide bonds. The number of aryl methyl sites for hydroxylation is 1. The lowest BCUT2D eigenvalue weighted by Crippen LogP contribution is -2.16. The smallest absolute Gasteiger partial charge is 0.340 e. The second kappa shape index (κ2) is 10.6. The van der Waals surface area contributed by atoms with E-state index in [0.29, 0.717) is 17.9 Å².